The van der Waals surface area contributed by atoms with Crippen LogP contribution in [-0.4, -0.2) is 21.3 Å². The number of hydrogen-bond acceptors (Lipinski definition) is 4. The molecule has 1 aromatic carbocycles. The van der Waals surface area contributed by atoms with Crippen LogP contribution >= 0.6 is 0 Å². The zero-order valence-corrected chi connectivity index (χ0v) is 15.9. The van der Waals surface area contributed by atoms with Crippen molar-refractivity contribution in [1.29, 1.82) is 0 Å². The molecule has 0 atom stereocenters. The van der Waals surface area contributed by atoms with Gasteiger partial charge < -0.3 is 4.74 Å². The Morgan fingerprint density at radius 2 is 1.70 bits per heavy atom. The summed E-state index contributed by atoms with van der Waals surface area (Å²) in [6, 6.07) is 5.03. The molecule has 4 rings (SSSR count). The van der Waals surface area contributed by atoms with Crippen LogP contribution in [0.3, 0.4) is 0 Å². The summed E-state index contributed by atoms with van der Waals surface area (Å²) >= 11 is 0. The van der Waals surface area contributed by atoms with E-state index in [2.05, 4.69) is 0 Å². The molecule has 2 aromatic rings. The summed E-state index contributed by atoms with van der Waals surface area (Å²) in [6.45, 7) is 1.54. The number of rotatable bonds is 6. The Morgan fingerprint density at radius 1 is 1.04 bits per heavy atom. The summed E-state index contributed by atoms with van der Waals surface area (Å²) in [6.07, 6.45) is 12.7. The molecule has 0 radical (unpaired) electrons. The third-order valence-corrected chi connectivity index (χ3v) is 6.25. The molecule has 146 valence electrons. The van der Waals surface area contributed by atoms with Crippen molar-refractivity contribution in [3.63, 3.8) is 0 Å². The normalized spacial score (nSPS) is 19.4. The maximum atomic E-state index is 11.2. The smallest absolute Gasteiger partial charge is 0.270 e. The average molecular weight is 371 g/mol. The predicted molar refractivity (Wildman–Crippen MR) is 105 cm³/mol. The predicted octanol–water partition coefficient (Wildman–Crippen LogP) is 5.48. The molecule has 2 aliphatic rings. The lowest BCUT2D eigenvalue weighted by atomic mass is 9.89. The van der Waals surface area contributed by atoms with Gasteiger partial charge in [0.15, 0.2) is 0 Å². The number of nitro groups is 1. The van der Waals surface area contributed by atoms with E-state index in [0.29, 0.717) is 24.3 Å². The average Bonchev–Trinajstić information content (AvgIpc) is 3.05. The van der Waals surface area contributed by atoms with Gasteiger partial charge in [0.1, 0.15) is 0 Å². The lowest BCUT2D eigenvalue weighted by molar-refractivity contribution is -0.384. The molecule has 0 bridgehead atoms. The van der Waals surface area contributed by atoms with Gasteiger partial charge in [-0.1, -0.05) is 38.5 Å². The Morgan fingerprint density at radius 3 is 2.37 bits per heavy atom. The van der Waals surface area contributed by atoms with Gasteiger partial charge in [0.25, 0.3) is 5.69 Å². The van der Waals surface area contributed by atoms with Gasteiger partial charge in [0, 0.05) is 18.7 Å². The number of ether oxygens (including phenoxy) is 1. The molecule has 6 heteroatoms. The van der Waals surface area contributed by atoms with E-state index in [1.54, 1.807) is 12.1 Å². The van der Waals surface area contributed by atoms with Crippen molar-refractivity contribution in [2.75, 3.05) is 6.61 Å². The Kier molecular flexibility index (Phi) is 5.60. The zero-order valence-electron chi connectivity index (χ0n) is 15.9. The SMILES string of the molecule is O=[N+]([O-])c1ccc2c(c1)c(OCC1CCCCC1)nn2CC1CCCCC1. The highest BCUT2D eigenvalue weighted by molar-refractivity contribution is 5.86. The Bertz CT molecular complexity index is 789. The van der Waals surface area contributed by atoms with E-state index < -0.39 is 0 Å². The number of benzene rings is 1. The topological polar surface area (TPSA) is 70.2 Å². The van der Waals surface area contributed by atoms with E-state index >= 15 is 0 Å². The highest BCUT2D eigenvalue weighted by Crippen LogP contribution is 2.33. The van der Waals surface area contributed by atoms with Crippen molar-refractivity contribution < 1.29 is 9.66 Å². The third-order valence-electron chi connectivity index (χ3n) is 6.25. The second-order valence-electron chi connectivity index (χ2n) is 8.26. The molecule has 0 amide bonds. The maximum Gasteiger partial charge on any atom is 0.270 e. The van der Waals surface area contributed by atoms with Crippen molar-refractivity contribution in [1.82, 2.24) is 9.78 Å². The minimum Gasteiger partial charge on any atom is -0.476 e. The molecule has 2 fully saturated rings. The number of fused-ring (bicyclic) bond motifs is 1. The summed E-state index contributed by atoms with van der Waals surface area (Å²) in [5, 5.41) is 16.7. The van der Waals surface area contributed by atoms with Crippen LogP contribution in [0.2, 0.25) is 0 Å². The fraction of sp³-hybridized carbons (Fsp3) is 0.667. The molecule has 0 N–H and O–H groups in total. The molecule has 0 unspecified atom stereocenters. The van der Waals surface area contributed by atoms with Crippen LogP contribution in [0.5, 0.6) is 5.88 Å². The number of nitro benzene ring substituents is 1. The minimum atomic E-state index is -0.344. The first-order chi connectivity index (χ1) is 13.2. The van der Waals surface area contributed by atoms with Crippen molar-refractivity contribution in [3.8, 4) is 5.88 Å². The van der Waals surface area contributed by atoms with Gasteiger partial charge in [-0.15, -0.1) is 5.10 Å². The van der Waals surface area contributed by atoms with Crippen molar-refractivity contribution in [2.24, 2.45) is 11.8 Å². The summed E-state index contributed by atoms with van der Waals surface area (Å²) in [7, 11) is 0. The van der Waals surface area contributed by atoms with E-state index in [1.165, 1.54) is 64.2 Å². The lowest BCUT2D eigenvalue weighted by Gasteiger charge is -2.21. The largest absolute Gasteiger partial charge is 0.476 e. The molecule has 1 heterocycles. The van der Waals surface area contributed by atoms with Crippen LogP contribution in [0, 0.1) is 22.0 Å². The highest BCUT2D eigenvalue weighted by Gasteiger charge is 2.21. The molecule has 27 heavy (non-hydrogen) atoms. The van der Waals surface area contributed by atoms with Gasteiger partial charge in [0.2, 0.25) is 5.88 Å². The van der Waals surface area contributed by atoms with E-state index in [9.17, 15) is 10.1 Å². The first-order valence-corrected chi connectivity index (χ1v) is 10.5. The Labute approximate surface area is 160 Å². The standard InChI is InChI=1S/C21H29N3O3/c25-24(26)18-11-12-20-19(13-18)21(27-15-17-9-5-2-6-10-17)22-23(20)14-16-7-3-1-4-8-16/h11-13,16-17H,1-10,14-15H2. The van der Waals surface area contributed by atoms with Crippen molar-refractivity contribution in [2.45, 2.75) is 70.8 Å². The summed E-state index contributed by atoms with van der Waals surface area (Å²) in [5.74, 6) is 1.79. The maximum absolute atomic E-state index is 11.2. The van der Waals surface area contributed by atoms with Crippen molar-refractivity contribution >= 4 is 16.6 Å². The molecule has 0 aliphatic heterocycles. The molecule has 6 nitrogen and oxygen atoms in total. The summed E-state index contributed by atoms with van der Waals surface area (Å²) < 4.78 is 8.13. The first-order valence-electron chi connectivity index (χ1n) is 10.5. The van der Waals surface area contributed by atoms with Gasteiger partial charge in [-0.25, -0.2) is 0 Å². The molecular formula is C21H29N3O3. The van der Waals surface area contributed by atoms with E-state index in [4.69, 9.17) is 9.84 Å². The highest BCUT2D eigenvalue weighted by atomic mass is 16.6. The van der Waals surface area contributed by atoms with Crippen molar-refractivity contribution in [3.05, 3.63) is 28.3 Å². The minimum absolute atomic E-state index is 0.0993. The molecule has 1 aromatic heterocycles. The van der Waals surface area contributed by atoms with Gasteiger partial charge in [0.05, 0.1) is 22.4 Å². The van der Waals surface area contributed by atoms with Crippen LogP contribution in [0.15, 0.2) is 18.2 Å². The number of hydrogen-bond donors (Lipinski definition) is 0. The second kappa shape index (κ2) is 8.28. The molecule has 2 saturated carbocycles. The molecule has 0 spiro atoms. The van der Waals surface area contributed by atoms with Gasteiger partial charge >= 0.3 is 0 Å². The fourth-order valence-electron chi connectivity index (χ4n) is 4.66. The monoisotopic (exact) mass is 371 g/mol. The molecule has 0 saturated heterocycles. The quantitative estimate of drug-likeness (QED) is 0.498. The van der Waals surface area contributed by atoms with Gasteiger partial charge in [-0.05, 0) is 43.6 Å². The van der Waals surface area contributed by atoms with Crippen LogP contribution in [0.4, 0.5) is 5.69 Å². The second-order valence-corrected chi connectivity index (χ2v) is 8.26. The molecular weight excluding hydrogens is 342 g/mol. The van der Waals surface area contributed by atoms with Gasteiger partial charge in [-0.2, -0.15) is 0 Å². The summed E-state index contributed by atoms with van der Waals surface area (Å²) in [5.41, 5.74) is 1.05. The van der Waals surface area contributed by atoms with Crippen LogP contribution in [0.1, 0.15) is 64.2 Å². The molecule has 2 aliphatic carbocycles. The fourth-order valence-corrected chi connectivity index (χ4v) is 4.66. The van der Waals surface area contributed by atoms with E-state index in [1.807, 2.05) is 10.7 Å². The van der Waals surface area contributed by atoms with Crippen LogP contribution in [-0.2, 0) is 6.54 Å². The number of non-ortho nitro benzene ring substituents is 1. The first kappa shape index (κ1) is 18.3. The zero-order chi connectivity index (χ0) is 18.6. The van der Waals surface area contributed by atoms with Gasteiger partial charge in [-0.3, -0.25) is 14.8 Å². The summed E-state index contributed by atoms with van der Waals surface area (Å²) in [4.78, 5) is 10.9. The van der Waals surface area contributed by atoms with E-state index in [-0.39, 0.29) is 10.6 Å². The number of aromatic nitrogens is 2. The lowest BCUT2D eigenvalue weighted by Crippen LogP contribution is -2.16. The van der Waals surface area contributed by atoms with Crippen LogP contribution < -0.4 is 4.74 Å². The Hall–Kier alpha value is -2.11. The Balaban J connectivity index is 1.58. The van der Waals surface area contributed by atoms with Crippen LogP contribution in [0.25, 0.3) is 10.9 Å². The third kappa shape index (κ3) is 4.25. The van der Waals surface area contributed by atoms with E-state index in [0.717, 1.165) is 17.4 Å². The number of nitrogens with zero attached hydrogens (tertiary/aromatic N) is 3.